The highest BCUT2D eigenvalue weighted by atomic mass is 35.5. The molecule has 2 atom stereocenters. The molecular weight excluding hydrogens is 480 g/mol. The molecule has 1 saturated heterocycles. The molecule has 1 aliphatic heterocycles. The Bertz CT molecular complexity index is 1280. The van der Waals surface area contributed by atoms with Crippen molar-refractivity contribution in [2.75, 3.05) is 19.3 Å². The summed E-state index contributed by atoms with van der Waals surface area (Å²) >= 11 is 6.17. The third-order valence-electron chi connectivity index (χ3n) is 6.33. The Kier molecular flexibility index (Phi) is 7.72. The molecule has 7 heteroatoms. The van der Waals surface area contributed by atoms with E-state index in [2.05, 4.69) is 5.32 Å². The molecule has 0 aliphatic carbocycles. The smallest absolute Gasteiger partial charge is 0.253 e. The Labute approximate surface area is 213 Å². The maximum absolute atomic E-state index is 13.3. The molecule has 182 valence electrons. The number of amides is 2. The number of rotatable bonds is 6. The van der Waals surface area contributed by atoms with Crippen LogP contribution in [-0.2, 0) is 10.8 Å². The Morgan fingerprint density at radius 1 is 0.943 bits per heavy atom. The fourth-order valence-corrected chi connectivity index (χ4v) is 5.36. The van der Waals surface area contributed by atoms with E-state index in [4.69, 9.17) is 11.6 Å². The molecule has 2 unspecified atom stereocenters. The van der Waals surface area contributed by atoms with Gasteiger partial charge in [0.15, 0.2) is 0 Å². The second-order valence-corrected chi connectivity index (χ2v) is 10.8. The van der Waals surface area contributed by atoms with Crippen molar-refractivity contribution in [1.29, 1.82) is 0 Å². The van der Waals surface area contributed by atoms with Crippen LogP contribution in [0, 0.1) is 6.92 Å². The number of aryl methyl sites for hydroxylation is 1. The molecule has 3 aromatic rings. The molecular formula is C28H29ClN2O3S. The number of halogens is 1. The molecule has 4 rings (SSSR count). The van der Waals surface area contributed by atoms with Gasteiger partial charge in [-0.15, -0.1) is 0 Å². The molecule has 0 saturated carbocycles. The van der Waals surface area contributed by atoms with Crippen LogP contribution in [0.1, 0.15) is 57.7 Å². The van der Waals surface area contributed by atoms with E-state index in [0.29, 0.717) is 21.0 Å². The van der Waals surface area contributed by atoms with Crippen molar-refractivity contribution in [3.05, 3.63) is 87.9 Å². The van der Waals surface area contributed by atoms with Gasteiger partial charge in [-0.05, 0) is 73.7 Å². The van der Waals surface area contributed by atoms with Crippen molar-refractivity contribution in [2.24, 2.45) is 0 Å². The average molecular weight is 509 g/mol. The Balaban J connectivity index is 1.66. The highest BCUT2D eigenvalue weighted by molar-refractivity contribution is 7.84. The third-order valence-corrected chi connectivity index (χ3v) is 7.73. The third kappa shape index (κ3) is 5.82. The zero-order chi connectivity index (χ0) is 25.1. The molecule has 0 aromatic heterocycles. The monoisotopic (exact) mass is 508 g/mol. The molecule has 5 nitrogen and oxygen atoms in total. The van der Waals surface area contributed by atoms with Crippen LogP contribution in [-0.4, -0.2) is 40.3 Å². The number of nitrogens with one attached hydrogen (secondary N) is 1. The van der Waals surface area contributed by atoms with Gasteiger partial charge in [0.1, 0.15) is 0 Å². The maximum Gasteiger partial charge on any atom is 0.253 e. The van der Waals surface area contributed by atoms with Crippen molar-refractivity contribution in [3.63, 3.8) is 0 Å². The van der Waals surface area contributed by atoms with E-state index in [0.717, 1.165) is 48.2 Å². The molecule has 1 heterocycles. The fraction of sp³-hybridized carbons (Fsp3) is 0.286. The second-order valence-electron chi connectivity index (χ2n) is 9.00. The number of nitrogens with zero attached hydrogens (tertiary/aromatic N) is 1. The second kappa shape index (κ2) is 10.8. The number of benzene rings is 3. The Morgan fingerprint density at radius 3 is 2.26 bits per heavy atom. The molecule has 2 amide bonds. The van der Waals surface area contributed by atoms with Gasteiger partial charge in [-0.1, -0.05) is 47.5 Å². The van der Waals surface area contributed by atoms with Gasteiger partial charge < -0.3 is 10.2 Å². The predicted octanol–water partition coefficient (Wildman–Crippen LogP) is 5.78. The standard InChI is InChI=1S/C28H29ClN2O3S/c1-18-6-8-20(9-7-18)22-14-23(16-24(15-22)28(33)31-12-4-5-13-31)27(32)30-19(2)21-10-11-25(29)26(17-21)35(3)34/h6-11,14-17,19H,4-5,12-13H2,1-3H3,(H,30,32). The van der Waals surface area contributed by atoms with E-state index in [1.807, 2.05) is 61.2 Å². The van der Waals surface area contributed by atoms with Gasteiger partial charge in [0, 0.05) is 30.5 Å². The van der Waals surface area contributed by atoms with Crippen LogP contribution in [0.5, 0.6) is 0 Å². The van der Waals surface area contributed by atoms with Crippen molar-refractivity contribution in [1.82, 2.24) is 10.2 Å². The van der Waals surface area contributed by atoms with Crippen LogP contribution >= 0.6 is 11.6 Å². The van der Waals surface area contributed by atoms with Crippen LogP contribution in [0.3, 0.4) is 0 Å². The van der Waals surface area contributed by atoms with E-state index < -0.39 is 10.8 Å². The van der Waals surface area contributed by atoms with E-state index in [-0.39, 0.29) is 17.9 Å². The summed E-state index contributed by atoms with van der Waals surface area (Å²) in [4.78, 5) is 28.9. The average Bonchev–Trinajstić information content (AvgIpc) is 3.38. The predicted molar refractivity (Wildman–Crippen MR) is 141 cm³/mol. The highest BCUT2D eigenvalue weighted by Crippen LogP contribution is 2.27. The van der Waals surface area contributed by atoms with Crippen molar-refractivity contribution >= 4 is 34.2 Å². The molecule has 1 fully saturated rings. The quantitative estimate of drug-likeness (QED) is 0.459. The van der Waals surface area contributed by atoms with Gasteiger partial charge in [-0.25, -0.2) is 0 Å². The van der Waals surface area contributed by atoms with Crippen molar-refractivity contribution < 1.29 is 13.8 Å². The van der Waals surface area contributed by atoms with Gasteiger partial charge in [-0.3, -0.25) is 13.8 Å². The number of hydrogen-bond donors (Lipinski definition) is 1. The first-order valence-corrected chi connectivity index (χ1v) is 13.6. The lowest BCUT2D eigenvalue weighted by atomic mass is 9.97. The largest absolute Gasteiger partial charge is 0.346 e. The Hall–Kier alpha value is -2.96. The molecule has 1 aliphatic rings. The van der Waals surface area contributed by atoms with Gasteiger partial charge in [-0.2, -0.15) is 0 Å². The zero-order valence-corrected chi connectivity index (χ0v) is 21.7. The van der Waals surface area contributed by atoms with Gasteiger partial charge in [0.2, 0.25) is 0 Å². The summed E-state index contributed by atoms with van der Waals surface area (Å²) in [6.07, 6.45) is 3.57. The van der Waals surface area contributed by atoms with Crippen LogP contribution < -0.4 is 5.32 Å². The molecule has 1 N–H and O–H groups in total. The molecule has 0 radical (unpaired) electrons. The molecule has 3 aromatic carbocycles. The zero-order valence-electron chi connectivity index (χ0n) is 20.1. The molecule has 35 heavy (non-hydrogen) atoms. The topological polar surface area (TPSA) is 66.5 Å². The van der Waals surface area contributed by atoms with E-state index >= 15 is 0 Å². The summed E-state index contributed by atoms with van der Waals surface area (Å²) in [6.45, 7) is 5.37. The highest BCUT2D eigenvalue weighted by Gasteiger charge is 2.22. The fourth-order valence-electron chi connectivity index (χ4n) is 4.27. The minimum Gasteiger partial charge on any atom is -0.346 e. The SMILES string of the molecule is Cc1ccc(-c2cc(C(=O)NC(C)c3ccc(Cl)c(S(C)=O)c3)cc(C(=O)N3CCCC3)c2)cc1. The van der Waals surface area contributed by atoms with E-state index in [9.17, 15) is 13.8 Å². The summed E-state index contributed by atoms with van der Waals surface area (Å²) < 4.78 is 12.0. The minimum absolute atomic E-state index is 0.0497. The van der Waals surface area contributed by atoms with Crippen molar-refractivity contribution in [2.45, 2.75) is 37.6 Å². The summed E-state index contributed by atoms with van der Waals surface area (Å²) in [5.41, 5.74) is 4.64. The number of carbonyl (C=O) groups excluding carboxylic acids is 2. The summed E-state index contributed by atoms with van der Waals surface area (Å²) in [6, 6.07) is 18.3. The first kappa shape index (κ1) is 25.1. The normalized spacial score (nSPS) is 15.0. The summed E-state index contributed by atoms with van der Waals surface area (Å²) in [5.74, 6) is -0.331. The van der Waals surface area contributed by atoms with E-state index in [1.54, 1.807) is 24.5 Å². The van der Waals surface area contributed by atoms with Crippen LogP contribution in [0.25, 0.3) is 11.1 Å². The van der Waals surface area contributed by atoms with Crippen molar-refractivity contribution in [3.8, 4) is 11.1 Å². The summed E-state index contributed by atoms with van der Waals surface area (Å²) in [7, 11) is -1.24. The summed E-state index contributed by atoms with van der Waals surface area (Å²) in [5, 5.41) is 3.45. The molecule has 0 bridgehead atoms. The van der Waals surface area contributed by atoms with Crippen LogP contribution in [0.4, 0.5) is 0 Å². The lowest BCUT2D eigenvalue weighted by molar-refractivity contribution is 0.0793. The number of likely N-dealkylation sites (tertiary alicyclic amines) is 1. The van der Waals surface area contributed by atoms with E-state index in [1.165, 1.54) is 0 Å². The first-order chi connectivity index (χ1) is 16.7. The van der Waals surface area contributed by atoms with Gasteiger partial charge >= 0.3 is 0 Å². The van der Waals surface area contributed by atoms with Gasteiger partial charge in [0.25, 0.3) is 11.8 Å². The minimum atomic E-state index is -1.24. The van der Waals surface area contributed by atoms with Crippen LogP contribution in [0.15, 0.2) is 65.6 Å². The lowest BCUT2D eigenvalue weighted by Crippen LogP contribution is -2.29. The number of carbonyl (C=O) groups is 2. The first-order valence-electron chi connectivity index (χ1n) is 11.7. The Morgan fingerprint density at radius 2 is 1.60 bits per heavy atom. The lowest BCUT2D eigenvalue weighted by Gasteiger charge is -2.19. The molecule has 0 spiro atoms. The van der Waals surface area contributed by atoms with Crippen LogP contribution in [0.2, 0.25) is 5.02 Å². The van der Waals surface area contributed by atoms with Gasteiger partial charge in [0.05, 0.1) is 26.8 Å². The number of hydrogen-bond acceptors (Lipinski definition) is 3. The maximum atomic E-state index is 13.3.